The van der Waals surface area contributed by atoms with E-state index in [2.05, 4.69) is 5.32 Å². The summed E-state index contributed by atoms with van der Waals surface area (Å²) in [6.07, 6.45) is -0.152. The molecule has 1 atom stereocenters. The minimum atomic E-state index is -0.964. The van der Waals surface area contributed by atoms with E-state index in [0.29, 0.717) is 5.02 Å². The van der Waals surface area contributed by atoms with Crippen LogP contribution in [0.1, 0.15) is 24.9 Å². The molecule has 86 valence electrons. The fraction of sp³-hybridized carbons (Fsp3) is 0.273. The third-order valence-corrected chi connectivity index (χ3v) is 2.28. The topological polar surface area (TPSA) is 66.4 Å². The molecule has 1 rings (SSSR count). The molecule has 1 aromatic carbocycles. The summed E-state index contributed by atoms with van der Waals surface area (Å²) >= 11 is 5.72. The van der Waals surface area contributed by atoms with Crippen molar-refractivity contribution in [3.05, 3.63) is 34.9 Å². The predicted octanol–water partition coefficient (Wildman–Crippen LogP) is 1.99. The Bertz CT molecular complexity index is 373. The summed E-state index contributed by atoms with van der Waals surface area (Å²) in [7, 11) is 0. The second-order valence-corrected chi connectivity index (χ2v) is 3.84. The Kier molecular flexibility index (Phi) is 4.31. The van der Waals surface area contributed by atoms with Crippen LogP contribution in [0.2, 0.25) is 5.02 Å². The summed E-state index contributed by atoms with van der Waals surface area (Å²) in [6, 6.07) is 6.20. The standard InChI is InChI=1S/C11H12ClNO3/c1-7(14)13-10(6-11(15)16)8-2-4-9(12)5-3-8/h2-5,10H,6H2,1H3,(H,13,14)(H,15,16). The maximum absolute atomic E-state index is 10.9. The van der Waals surface area contributed by atoms with E-state index in [-0.39, 0.29) is 12.3 Å². The fourth-order valence-corrected chi connectivity index (χ4v) is 1.49. The molecule has 0 saturated heterocycles. The first-order chi connectivity index (χ1) is 7.49. The van der Waals surface area contributed by atoms with Crippen molar-refractivity contribution in [2.45, 2.75) is 19.4 Å². The summed E-state index contributed by atoms with van der Waals surface area (Å²) < 4.78 is 0. The predicted molar refractivity (Wildman–Crippen MR) is 60.3 cm³/mol. The van der Waals surface area contributed by atoms with Crippen molar-refractivity contribution in [1.82, 2.24) is 5.32 Å². The molecular formula is C11H12ClNO3. The van der Waals surface area contributed by atoms with Gasteiger partial charge < -0.3 is 10.4 Å². The summed E-state index contributed by atoms with van der Waals surface area (Å²) in [6.45, 7) is 1.35. The lowest BCUT2D eigenvalue weighted by atomic mass is 10.0. The first-order valence-electron chi connectivity index (χ1n) is 4.73. The highest BCUT2D eigenvalue weighted by Crippen LogP contribution is 2.19. The molecule has 0 spiro atoms. The molecule has 0 aromatic heterocycles. The third-order valence-electron chi connectivity index (χ3n) is 2.03. The third kappa shape index (κ3) is 3.90. The molecule has 1 unspecified atom stereocenters. The van der Waals surface area contributed by atoms with Crippen LogP contribution in [0.15, 0.2) is 24.3 Å². The van der Waals surface area contributed by atoms with Crippen molar-refractivity contribution in [3.63, 3.8) is 0 Å². The number of hydrogen-bond acceptors (Lipinski definition) is 2. The highest BCUT2D eigenvalue weighted by molar-refractivity contribution is 6.30. The average Bonchev–Trinajstić information content (AvgIpc) is 2.16. The van der Waals surface area contributed by atoms with Gasteiger partial charge in [-0.2, -0.15) is 0 Å². The molecule has 0 aliphatic carbocycles. The minimum Gasteiger partial charge on any atom is -0.481 e. The van der Waals surface area contributed by atoms with Gasteiger partial charge in [-0.15, -0.1) is 0 Å². The van der Waals surface area contributed by atoms with E-state index < -0.39 is 12.0 Å². The molecule has 0 saturated carbocycles. The number of benzene rings is 1. The maximum atomic E-state index is 10.9. The number of halogens is 1. The lowest BCUT2D eigenvalue weighted by Crippen LogP contribution is -2.27. The van der Waals surface area contributed by atoms with Gasteiger partial charge in [-0.1, -0.05) is 23.7 Å². The molecule has 0 aliphatic rings. The number of carbonyl (C=O) groups excluding carboxylic acids is 1. The zero-order chi connectivity index (χ0) is 12.1. The van der Waals surface area contributed by atoms with Crippen LogP contribution in [-0.4, -0.2) is 17.0 Å². The van der Waals surface area contributed by atoms with Crippen LogP contribution in [-0.2, 0) is 9.59 Å². The number of amides is 1. The van der Waals surface area contributed by atoms with Gasteiger partial charge in [0.1, 0.15) is 0 Å². The van der Waals surface area contributed by atoms with Crippen LogP contribution in [0.3, 0.4) is 0 Å². The number of hydrogen-bond donors (Lipinski definition) is 2. The molecule has 0 bridgehead atoms. The minimum absolute atomic E-state index is 0.152. The van der Waals surface area contributed by atoms with Gasteiger partial charge in [0.25, 0.3) is 0 Å². The molecule has 0 heterocycles. The van der Waals surface area contributed by atoms with E-state index in [4.69, 9.17) is 16.7 Å². The summed E-state index contributed by atoms with van der Waals surface area (Å²) in [5.41, 5.74) is 0.724. The van der Waals surface area contributed by atoms with E-state index in [0.717, 1.165) is 5.56 Å². The van der Waals surface area contributed by atoms with Crippen molar-refractivity contribution in [2.24, 2.45) is 0 Å². The molecule has 16 heavy (non-hydrogen) atoms. The highest BCUT2D eigenvalue weighted by Gasteiger charge is 2.16. The van der Waals surface area contributed by atoms with Gasteiger partial charge in [0.05, 0.1) is 12.5 Å². The number of nitrogens with one attached hydrogen (secondary N) is 1. The molecule has 0 radical (unpaired) electrons. The second kappa shape index (κ2) is 5.51. The van der Waals surface area contributed by atoms with E-state index >= 15 is 0 Å². The summed E-state index contributed by atoms with van der Waals surface area (Å²) in [5.74, 6) is -1.23. The zero-order valence-electron chi connectivity index (χ0n) is 8.74. The Morgan fingerprint density at radius 3 is 2.38 bits per heavy atom. The van der Waals surface area contributed by atoms with Crippen LogP contribution in [0, 0.1) is 0 Å². The van der Waals surface area contributed by atoms with Gasteiger partial charge >= 0.3 is 5.97 Å². The zero-order valence-corrected chi connectivity index (χ0v) is 9.49. The monoisotopic (exact) mass is 241 g/mol. The Morgan fingerprint density at radius 2 is 1.94 bits per heavy atom. The van der Waals surface area contributed by atoms with Crippen molar-refractivity contribution in [1.29, 1.82) is 0 Å². The van der Waals surface area contributed by atoms with Gasteiger partial charge in [-0.25, -0.2) is 0 Å². The molecule has 4 nitrogen and oxygen atoms in total. The van der Waals surface area contributed by atoms with Crippen LogP contribution >= 0.6 is 11.6 Å². The van der Waals surface area contributed by atoms with Crippen LogP contribution in [0.4, 0.5) is 0 Å². The van der Waals surface area contributed by atoms with E-state index in [1.807, 2.05) is 0 Å². The normalized spacial score (nSPS) is 11.9. The maximum Gasteiger partial charge on any atom is 0.305 e. The van der Waals surface area contributed by atoms with Crippen LogP contribution < -0.4 is 5.32 Å². The van der Waals surface area contributed by atoms with Gasteiger partial charge in [-0.05, 0) is 17.7 Å². The SMILES string of the molecule is CC(=O)NC(CC(=O)O)c1ccc(Cl)cc1. The van der Waals surface area contributed by atoms with Gasteiger partial charge in [0.15, 0.2) is 0 Å². The number of aliphatic carboxylic acids is 1. The van der Waals surface area contributed by atoms with Crippen LogP contribution in [0.25, 0.3) is 0 Å². The Labute approximate surface area is 98.2 Å². The molecule has 1 amide bonds. The summed E-state index contributed by atoms with van der Waals surface area (Å²) in [4.78, 5) is 21.6. The van der Waals surface area contributed by atoms with E-state index in [9.17, 15) is 9.59 Å². The Balaban J connectivity index is 2.86. The largest absolute Gasteiger partial charge is 0.481 e. The van der Waals surface area contributed by atoms with E-state index in [1.165, 1.54) is 6.92 Å². The molecule has 0 aliphatic heterocycles. The van der Waals surface area contributed by atoms with Gasteiger partial charge in [0, 0.05) is 11.9 Å². The number of carboxylic acid groups (broad SMARTS) is 1. The van der Waals surface area contributed by atoms with Crippen molar-refractivity contribution >= 4 is 23.5 Å². The lowest BCUT2D eigenvalue weighted by Gasteiger charge is -2.16. The van der Waals surface area contributed by atoms with E-state index in [1.54, 1.807) is 24.3 Å². The molecule has 0 fully saturated rings. The second-order valence-electron chi connectivity index (χ2n) is 3.40. The van der Waals surface area contributed by atoms with Gasteiger partial charge in [-0.3, -0.25) is 9.59 Å². The van der Waals surface area contributed by atoms with Crippen molar-refractivity contribution in [2.75, 3.05) is 0 Å². The number of carbonyl (C=O) groups is 2. The number of carboxylic acids is 1. The average molecular weight is 242 g/mol. The fourth-order valence-electron chi connectivity index (χ4n) is 1.37. The number of rotatable bonds is 4. The Morgan fingerprint density at radius 1 is 1.38 bits per heavy atom. The highest BCUT2D eigenvalue weighted by atomic mass is 35.5. The smallest absolute Gasteiger partial charge is 0.305 e. The molecule has 5 heteroatoms. The van der Waals surface area contributed by atoms with Crippen molar-refractivity contribution in [3.8, 4) is 0 Å². The lowest BCUT2D eigenvalue weighted by molar-refractivity contribution is -0.137. The first-order valence-corrected chi connectivity index (χ1v) is 5.11. The molecular weight excluding hydrogens is 230 g/mol. The summed E-state index contributed by atoms with van der Waals surface area (Å²) in [5, 5.41) is 11.9. The molecule has 2 N–H and O–H groups in total. The quantitative estimate of drug-likeness (QED) is 0.847. The molecule has 1 aromatic rings. The van der Waals surface area contributed by atoms with Crippen LogP contribution in [0.5, 0.6) is 0 Å². The Hall–Kier alpha value is -1.55. The van der Waals surface area contributed by atoms with Gasteiger partial charge in [0.2, 0.25) is 5.91 Å². The van der Waals surface area contributed by atoms with Crippen molar-refractivity contribution < 1.29 is 14.7 Å². The first kappa shape index (κ1) is 12.5.